The van der Waals surface area contributed by atoms with Gasteiger partial charge in [-0.25, -0.2) is 9.97 Å². The zero-order valence-corrected chi connectivity index (χ0v) is 9.36. The summed E-state index contributed by atoms with van der Waals surface area (Å²) in [5.74, 6) is 1.12. The molecule has 0 amide bonds. The fourth-order valence-corrected chi connectivity index (χ4v) is 1.24. The monoisotopic (exact) mass is 204 g/mol. The standard InChI is InChI=1S/C11H16N4/c1-4-8(2)9(3)15-11-10(7-12)13-5-6-14-11/h5-6,8-9H,4H2,1-3H3,(H,14,15)/t8-,9+/m1/s1. The van der Waals surface area contributed by atoms with Crippen LogP contribution in [0.25, 0.3) is 0 Å². The lowest BCUT2D eigenvalue weighted by atomic mass is 10.0. The third-order valence-electron chi connectivity index (χ3n) is 2.67. The van der Waals surface area contributed by atoms with E-state index in [-0.39, 0.29) is 0 Å². The molecule has 0 radical (unpaired) electrons. The molecule has 1 N–H and O–H groups in total. The van der Waals surface area contributed by atoms with E-state index in [9.17, 15) is 0 Å². The molecular formula is C11H16N4. The largest absolute Gasteiger partial charge is 0.365 e. The van der Waals surface area contributed by atoms with Gasteiger partial charge in [0.25, 0.3) is 0 Å². The van der Waals surface area contributed by atoms with Crippen molar-refractivity contribution >= 4 is 5.82 Å². The number of rotatable bonds is 4. The minimum atomic E-state index is 0.291. The Labute approximate surface area is 90.4 Å². The van der Waals surface area contributed by atoms with Crippen LogP contribution in [-0.4, -0.2) is 16.0 Å². The van der Waals surface area contributed by atoms with Crippen LogP contribution in [0.15, 0.2) is 12.4 Å². The molecule has 0 bridgehead atoms. The van der Waals surface area contributed by atoms with Gasteiger partial charge in [-0.15, -0.1) is 0 Å². The van der Waals surface area contributed by atoms with E-state index in [0.29, 0.717) is 23.5 Å². The molecule has 80 valence electrons. The average molecular weight is 204 g/mol. The molecule has 1 aromatic heterocycles. The van der Waals surface area contributed by atoms with E-state index >= 15 is 0 Å². The quantitative estimate of drug-likeness (QED) is 0.816. The lowest BCUT2D eigenvalue weighted by Crippen LogP contribution is -2.24. The van der Waals surface area contributed by atoms with E-state index in [0.717, 1.165) is 6.42 Å². The highest BCUT2D eigenvalue weighted by Crippen LogP contribution is 2.14. The second-order valence-electron chi connectivity index (χ2n) is 3.68. The number of nitrogens with one attached hydrogen (secondary N) is 1. The van der Waals surface area contributed by atoms with Gasteiger partial charge in [0.1, 0.15) is 6.07 Å². The highest BCUT2D eigenvalue weighted by atomic mass is 15.0. The molecule has 0 aliphatic carbocycles. The van der Waals surface area contributed by atoms with Crippen LogP contribution in [-0.2, 0) is 0 Å². The van der Waals surface area contributed by atoms with Gasteiger partial charge in [-0.3, -0.25) is 0 Å². The van der Waals surface area contributed by atoms with Crippen molar-refractivity contribution in [2.75, 3.05) is 5.32 Å². The van der Waals surface area contributed by atoms with Gasteiger partial charge in [-0.2, -0.15) is 5.26 Å². The maximum atomic E-state index is 8.83. The molecule has 2 atom stereocenters. The normalized spacial score (nSPS) is 14.0. The summed E-state index contributed by atoms with van der Waals surface area (Å²) in [5.41, 5.74) is 0.354. The number of nitriles is 1. The first-order valence-corrected chi connectivity index (χ1v) is 5.16. The molecule has 1 heterocycles. The summed E-state index contributed by atoms with van der Waals surface area (Å²) in [4.78, 5) is 8.06. The topological polar surface area (TPSA) is 61.6 Å². The molecule has 4 heteroatoms. The predicted octanol–water partition coefficient (Wildman–Crippen LogP) is 2.19. The van der Waals surface area contributed by atoms with E-state index in [1.807, 2.05) is 6.07 Å². The summed E-state index contributed by atoms with van der Waals surface area (Å²) < 4.78 is 0. The molecule has 0 spiro atoms. The smallest absolute Gasteiger partial charge is 0.182 e. The molecule has 0 aromatic carbocycles. The number of anilines is 1. The van der Waals surface area contributed by atoms with Crippen molar-refractivity contribution in [1.29, 1.82) is 5.26 Å². The van der Waals surface area contributed by atoms with Gasteiger partial charge in [-0.1, -0.05) is 20.3 Å². The Kier molecular flexibility index (Phi) is 4.04. The van der Waals surface area contributed by atoms with Crippen molar-refractivity contribution in [2.24, 2.45) is 5.92 Å². The first-order chi connectivity index (χ1) is 7.19. The minimum Gasteiger partial charge on any atom is -0.365 e. The zero-order valence-electron chi connectivity index (χ0n) is 9.36. The van der Waals surface area contributed by atoms with Gasteiger partial charge in [0, 0.05) is 18.4 Å². The van der Waals surface area contributed by atoms with Gasteiger partial charge in [0.2, 0.25) is 0 Å². The SMILES string of the molecule is CC[C@@H](C)[C@H](C)Nc1nccnc1C#N. The molecule has 4 nitrogen and oxygen atoms in total. The highest BCUT2D eigenvalue weighted by molar-refractivity contribution is 5.47. The van der Waals surface area contributed by atoms with Gasteiger partial charge in [-0.05, 0) is 12.8 Å². The Balaban J connectivity index is 2.77. The predicted molar refractivity (Wildman–Crippen MR) is 59.3 cm³/mol. The van der Waals surface area contributed by atoms with Gasteiger partial charge in [0.15, 0.2) is 11.5 Å². The lowest BCUT2D eigenvalue weighted by Gasteiger charge is -2.20. The summed E-state index contributed by atoms with van der Waals surface area (Å²) in [6.45, 7) is 6.40. The minimum absolute atomic E-state index is 0.291. The summed E-state index contributed by atoms with van der Waals surface area (Å²) in [6.07, 6.45) is 4.21. The van der Waals surface area contributed by atoms with Crippen LogP contribution in [0.5, 0.6) is 0 Å². The van der Waals surface area contributed by atoms with Crippen LogP contribution < -0.4 is 5.32 Å². The number of hydrogen-bond acceptors (Lipinski definition) is 4. The lowest BCUT2D eigenvalue weighted by molar-refractivity contribution is 0.493. The van der Waals surface area contributed by atoms with Crippen molar-refractivity contribution < 1.29 is 0 Å². The van der Waals surface area contributed by atoms with E-state index in [4.69, 9.17) is 5.26 Å². The van der Waals surface area contributed by atoms with Crippen LogP contribution in [0.4, 0.5) is 5.82 Å². The molecule has 0 saturated carbocycles. The van der Waals surface area contributed by atoms with Crippen LogP contribution in [0.2, 0.25) is 0 Å². The Morgan fingerprint density at radius 2 is 2.07 bits per heavy atom. The second-order valence-corrected chi connectivity index (χ2v) is 3.68. The molecular weight excluding hydrogens is 188 g/mol. The number of aromatic nitrogens is 2. The molecule has 0 fully saturated rings. The van der Waals surface area contributed by atoms with Crippen LogP contribution in [0, 0.1) is 17.2 Å². The van der Waals surface area contributed by atoms with Crippen molar-refractivity contribution in [2.45, 2.75) is 33.2 Å². The third kappa shape index (κ3) is 2.91. The first-order valence-electron chi connectivity index (χ1n) is 5.16. The summed E-state index contributed by atoms with van der Waals surface area (Å²) in [7, 11) is 0. The molecule has 0 unspecified atom stereocenters. The Bertz CT molecular complexity index is 356. The van der Waals surface area contributed by atoms with Gasteiger partial charge < -0.3 is 5.32 Å². The van der Waals surface area contributed by atoms with E-state index in [1.54, 1.807) is 6.20 Å². The average Bonchev–Trinajstić information content (AvgIpc) is 2.28. The fraction of sp³-hybridized carbons (Fsp3) is 0.545. The van der Waals surface area contributed by atoms with E-state index in [1.165, 1.54) is 6.20 Å². The van der Waals surface area contributed by atoms with Crippen molar-refractivity contribution in [1.82, 2.24) is 9.97 Å². The molecule has 0 aliphatic heterocycles. The fourth-order valence-electron chi connectivity index (χ4n) is 1.24. The summed E-state index contributed by atoms with van der Waals surface area (Å²) >= 11 is 0. The molecule has 1 rings (SSSR count). The van der Waals surface area contributed by atoms with E-state index < -0.39 is 0 Å². The molecule has 15 heavy (non-hydrogen) atoms. The van der Waals surface area contributed by atoms with Crippen molar-refractivity contribution in [3.63, 3.8) is 0 Å². The third-order valence-corrected chi connectivity index (χ3v) is 2.67. The second kappa shape index (κ2) is 5.30. The van der Waals surface area contributed by atoms with Crippen molar-refractivity contribution in [3.05, 3.63) is 18.1 Å². The molecule has 0 aliphatic rings. The van der Waals surface area contributed by atoms with Crippen LogP contribution in [0.3, 0.4) is 0 Å². The van der Waals surface area contributed by atoms with Crippen LogP contribution >= 0.6 is 0 Å². The molecule has 0 saturated heterocycles. The van der Waals surface area contributed by atoms with Crippen LogP contribution in [0.1, 0.15) is 32.9 Å². The maximum absolute atomic E-state index is 8.83. The summed E-state index contributed by atoms with van der Waals surface area (Å²) in [5, 5.41) is 12.1. The first kappa shape index (κ1) is 11.4. The number of nitrogens with zero attached hydrogens (tertiary/aromatic N) is 3. The van der Waals surface area contributed by atoms with Gasteiger partial charge in [0.05, 0.1) is 0 Å². The maximum Gasteiger partial charge on any atom is 0.182 e. The highest BCUT2D eigenvalue weighted by Gasteiger charge is 2.12. The number of hydrogen-bond donors (Lipinski definition) is 1. The zero-order chi connectivity index (χ0) is 11.3. The Morgan fingerprint density at radius 3 is 2.67 bits per heavy atom. The Morgan fingerprint density at radius 1 is 1.40 bits per heavy atom. The summed E-state index contributed by atoms with van der Waals surface area (Å²) in [6, 6.07) is 2.31. The van der Waals surface area contributed by atoms with E-state index in [2.05, 4.69) is 36.1 Å². The van der Waals surface area contributed by atoms with Gasteiger partial charge >= 0.3 is 0 Å². The molecule has 1 aromatic rings. The Hall–Kier alpha value is -1.63. The van der Waals surface area contributed by atoms with Crippen molar-refractivity contribution in [3.8, 4) is 6.07 Å².